The zero-order valence-corrected chi connectivity index (χ0v) is 21.3. The Morgan fingerprint density at radius 3 is 2.32 bits per heavy atom. The van der Waals surface area contributed by atoms with E-state index in [9.17, 15) is 26.4 Å². The van der Waals surface area contributed by atoms with Gasteiger partial charge in [-0.25, -0.2) is 0 Å². The van der Waals surface area contributed by atoms with E-state index in [0.717, 1.165) is 42.5 Å². The number of rotatable bonds is 5. The summed E-state index contributed by atoms with van der Waals surface area (Å²) in [6, 6.07) is 12.3. The standard InChI is InChI=1S/C22H18AsF3N2O4S.ClH/c1-28-19(29)21(27-20(28)23,16-9-4-8-15(12-16)14-6-2-3-7-14)17-10-5-11-18(13-17)32-33(30,31)22(24,25)26;/h4-6,8-13H,2-3,7H2,1H3;1H. The molecule has 0 saturated heterocycles. The summed E-state index contributed by atoms with van der Waals surface area (Å²) in [5.74, 6) is -0.991. The number of likely N-dealkylation sites (N-methyl/N-ethyl adjacent to an activating group) is 1. The number of aliphatic imine (C=N–C) groups is 1. The van der Waals surface area contributed by atoms with E-state index in [1.165, 1.54) is 17.0 Å². The Bertz CT molecular complexity index is 1300. The minimum atomic E-state index is -5.87. The average Bonchev–Trinajstić information content (AvgIpc) is 3.37. The smallest absolute Gasteiger partial charge is 0.147 e. The van der Waals surface area contributed by atoms with Crippen LogP contribution in [0.3, 0.4) is 0 Å². The molecule has 1 heterocycles. The van der Waals surface area contributed by atoms with Crippen molar-refractivity contribution in [2.75, 3.05) is 7.05 Å². The summed E-state index contributed by atoms with van der Waals surface area (Å²) in [4.78, 5) is 19.4. The fourth-order valence-corrected chi connectivity index (χ4v) is 4.93. The van der Waals surface area contributed by atoms with Crippen LogP contribution in [0.15, 0.2) is 59.6 Å². The van der Waals surface area contributed by atoms with E-state index in [1.54, 1.807) is 19.2 Å². The number of halogens is 4. The third-order valence-corrected chi connectivity index (χ3v) is 7.43. The van der Waals surface area contributed by atoms with Crippen LogP contribution >= 0.6 is 12.4 Å². The quantitative estimate of drug-likeness (QED) is 0.306. The fraction of sp³-hybridized carbons (Fsp3) is 0.273. The van der Waals surface area contributed by atoms with E-state index in [0.29, 0.717) is 10.2 Å². The Labute approximate surface area is 209 Å². The molecule has 0 bridgehead atoms. The normalized spacial score (nSPS) is 20.6. The number of benzene rings is 2. The van der Waals surface area contributed by atoms with Crippen LogP contribution in [-0.4, -0.2) is 53.3 Å². The molecule has 0 aromatic heterocycles. The average molecular weight is 575 g/mol. The molecule has 0 spiro atoms. The third kappa shape index (κ3) is 4.51. The van der Waals surface area contributed by atoms with Gasteiger partial charge in [0.05, 0.1) is 0 Å². The van der Waals surface area contributed by atoms with Gasteiger partial charge >= 0.3 is 198 Å². The topological polar surface area (TPSA) is 76.0 Å². The van der Waals surface area contributed by atoms with Crippen LogP contribution < -0.4 is 4.18 Å². The largest absolute Gasteiger partial charge is 0.147 e. The molecule has 6 nitrogen and oxygen atoms in total. The van der Waals surface area contributed by atoms with Gasteiger partial charge in [0.25, 0.3) is 0 Å². The van der Waals surface area contributed by atoms with Crippen molar-refractivity contribution in [3.63, 3.8) is 0 Å². The van der Waals surface area contributed by atoms with Gasteiger partial charge in [-0.05, 0) is 0 Å². The van der Waals surface area contributed by atoms with Gasteiger partial charge in [0.15, 0.2) is 0 Å². The summed E-state index contributed by atoms with van der Waals surface area (Å²) in [6.07, 6.45) is 5.04. The van der Waals surface area contributed by atoms with Crippen molar-refractivity contribution < 1.29 is 30.6 Å². The summed E-state index contributed by atoms with van der Waals surface area (Å²) < 4.78 is 66.1. The maximum absolute atomic E-state index is 13.5. The molecule has 34 heavy (non-hydrogen) atoms. The van der Waals surface area contributed by atoms with Crippen LogP contribution in [0.25, 0.3) is 5.57 Å². The molecule has 1 aliphatic heterocycles. The molecule has 12 heteroatoms. The summed E-state index contributed by atoms with van der Waals surface area (Å²) in [6.45, 7) is 0. The van der Waals surface area contributed by atoms with E-state index in [1.807, 2.05) is 12.1 Å². The first-order valence-corrected chi connectivity index (χ1v) is 12.3. The number of nitrogens with zero attached hydrogens (tertiary/aromatic N) is 2. The SMILES string of the molecule is CN1C(=O)C(c2cccc(OS(=O)(=O)C(F)(F)F)c2)(c2cccc(C3=CCCC3)c2)N=C1[As].Cl. The molecule has 4 rings (SSSR count). The van der Waals surface area contributed by atoms with Gasteiger partial charge in [0, 0.05) is 0 Å². The minimum Gasteiger partial charge on any atom is -0.147 e. The van der Waals surface area contributed by atoms with Gasteiger partial charge in [-0.3, -0.25) is 0 Å². The Morgan fingerprint density at radius 2 is 1.76 bits per heavy atom. The first-order valence-electron chi connectivity index (χ1n) is 9.94. The molecule has 2 aromatic rings. The van der Waals surface area contributed by atoms with E-state index < -0.39 is 32.8 Å². The van der Waals surface area contributed by atoms with Crippen LogP contribution in [0.1, 0.15) is 36.0 Å². The van der Waals surface area contributed by atoms with Crippen molar-refractivity contribution >= 4 is 55.5 Å². The Morgan fingerprint density at radius 1 is 1.12 bits per heavy atom. The third-order valence-electron chi connectivity index (χ3n) is 5.62. The van der Waals surface area contributed by atoms with E-state index >= 15 is 0 Å². The molecule has 1 unspecified atom stereocenters. The van der Waals surface area contributed by atoms with E-state index in [-0.39, 0.29) is 18.0 Å². The maximum atomic E-state index is 13.5. The number of allylic oxidation sites excluding steroid dienone is 2. The molecule has 1 atom stereocenters. The molecular weight excluding hydrogens is 556 g/mol. The molecule has 2 aliphatic rings. The Hall–Kier alpha value is -2.29. The molecule has 180 valence electrons. The fourth-order valence-electron chi connectivity index (χ4n) is 3.97. The zero-order valence-electron chi connectivity index (χ0n) is 17.7. The molecule has 2 radical (unpaired) electrons. The second-order valence-corrected chi connectivity index (χ2v) is 10.1. The summed E-state index contributed by atoms with van der Waals surface area (Å²) >= 11 is 2.19. The van der Waals surface area contributed by atoms with Gasteiger partial charge in [0.2, 0.25) is 0 Å². The molecule has 0 saturated carbocycles. The Kier molecular flexibility index (Phi) is 7.27. The first kappa shape index (κ1) is 26.3. The van der Waals surface area contributed by atoms with Gasteiger partial charge < -0.3 is 0 Å². The van der Waals surface area contributed by atoms with Gasteiger partial charge in [-0.1, -0.05) is 0 Å². The summed E-state index contributed by atoms with van der Waals surface area (Å²) in [5.41, 5.74) is -4.40. The summed E-state index contributed by atoms with van der Waals surface area (Å²) in [7, 11) is -4.33. The number of carbonyl (C=O) groups excluding carboxylic acids is 1. The number of hydrogen-bond donors (Lipinski definition) is 0. The summed E-state index contributed by atoms with van der Waals surface area (Å²) in [5, 5.41) is 0. The van der Waals surface area contributed by atoms with Crippen LogP contribution in [0, 0.1) is 0 Å². The Balaban J connectivity index is 0.00000324. The molecule has 1 amide bonds. The number of hydrogen-bond acceptors (Lipinski definition) is 5. The van der Waals surface area contributed by atoms with Crippen molar-refractivity contribution in [1.82, 2.24) is 4.90 Å². The van der Waals surface area contributed by atoms with Crippen LogP contribution in [0.5, 0.6) is 5.75 Å². The number of alkyl halides is 3. The van der Waals surface area contributed by atoms with Crippen molar-refractivity contribution in [3.8, 4) is 5.75 Å². The second kappa shape index (κ2) is 9.40. The van der Waals surface area contributed by atoms with Crippen LogP contribution in [-0.2, 0) is 20.5 Å². The van der Waals surface area contributed by atoms with Gasteiger partial charge in [-0.2, -0.15) is 0 Å². The molecule has 1 aliphatic carbocycles. The number of carbonyl (C=O) groups is 1. The molecule has 0 N–H and O–H groups in total. The van der Waals surface area contributed by atoms with Crippen LogP contribution in [0.2, 0.25) is 0 Å². The molecular formula is C22H19AsClF3N2O4S. The number of amides is 1. The predicted octanol–water partition coefficient (Wildman–Crippen LogP) is 4.14. The zero-order chi connectivity index (χ0) is 24.0. The predicted molar refractivity (Wildman–Crippen MR) is 124 cm³/mol. The molecule has 2 aromatic carbocycles. The number of amidine groups is 1. The maximum Gasteiger partial charge on any atom is -0.147 e. The second-order valence-electron chi connectivity index (χ2n) is 7.70. The van der Waals surface area contributed by atoms with Crippen molar-refractivity contribution in [2.45, 2.75) is 30.3 Å². The van der Waals surface area contributed by atoms with Crippen LogP contribution in [0.4, 0.5) is 13.2 Å². The minimum absolute atomic E-state index is 0. The van der Waals surface area contributed by atoms with Gasteiger partial charge in [0.1, 0.15) is 0 Å². The van der Waals surface area contributed by atoms with Gasteiger partial charge in [-0.15, -0.1) is 12.4 Å². The van der Waals surface area contributed by atoms with Crippen molar-refractivity contribution in [3.05, 3.63) is 71.3 Å². The van der Waals surface area contributed by atoms with E-state index in [4.69, 9.17) is 0 Å². The van der Waals surface area contributed by atoms with E-state index in [2.05, 4.69) is 32.1 Å². The first-order chi connectivity index (χ1) is 15.5. The van der Waals surface area contributed by atoms with Crippen molar-refractivity contribution in [1.29, 1.82) is 0 Å². The molecule has 0 fully saturated rings. The van der Waals surface area contributed by atoms with Crippen molar-refractivity contribution in [2.24, 2.45) is 4.99 Å². The monoisotopic (exact) mass is 574 g/mol.